The fourth-order valence-electron chi connectivity index (χ4n) is 3.04. The average molecular weight is 266 g/mol. The van der Waals surface area contributed by atoms with Crippen molar-refractivity contribution in [1.29, 1.82) is 0 Å². The van der Waals surface area contributed by atoms with Gasteiger partial charge in [0.2, 0.25) is 0 Å². The summed E-state index contributed by atoms with van der Waals surface area (Å²) in [5, 5.41) is 4.40. The van der Waals surface area contributed by atoms with Crippen LogP contribution in [-0.2, 0) is 6.42 Å². The van der Waals surface area contributed by atoms with Crippen LogP contribution in [0.25, 0.3) is 0 Å². The van der Waals surface area contributed by atoms with Crippen LogP contribution in [0.3, 0.4) is 0 Å². The number of nitrogens with one attached hydrogen (secondary N) is 1. The molecule has 0 bridgehead atoms. The first-order valence-electron chi connectivity index (χ1n) is 7.11. The predicted octanol–water partition coefficient (Wildman–Crippen LogP) is 4.36. The van der Waals surface area contributed by atoms with Gasteiger partial charge in [-0.15, -0.1) is 0 Å². The second-order valence-electron chi connectivity index (χ2n) is 5.67. The SMILES string of the molecule is CNC1CCCCC(Cc2ccc(C)cc2Cl)C1. The Hall–Kier alpha value is -0.530. The van der Waals surface area contributed by atoms with Crippen molar-refractivity contribution in [1.82, 2.24) is 5.32 Å². The molecule has 1 aromatic rings. The zero-order valence-electron chi connectivity index (χ0n) is 11.5. The van der Waals surface area contributed by atoms with Crippen molar-refractivity contribution >= 4 is 11.6 Å². The second kappa shape index (κ2) is 6.58. The van der Waals surface area contributed by atoms with Crippen molar-refractivity contribution in [3.05, 3.63) is 34.3 Å². The van der Waals surface area contributed by atoms with Crippen LogP contribution < -0.4 is 5.32 Å². The molecule has 0 amide bonds. The molecule has 2 unspecified atom stereocenters. The Morgan fingerprint density at radius 1 is 1.28 bits per heavy atom. The minimum Gasteiger partial charge on any atom is -0.317 e. The van der Waals surface area contributed by atoms with Crippen LogP contribution in [-0.4, -0.2) is 13.1 Å². The Morgan fingerprint density at radius 3 is 2.78 bits per heavy atom. The smallest absolute Gasteiger partial charge is 0.0440 e. The molecule has 0 spiro atoms. The van der Waals surface area contributed by atoms with E-state index in [0.717, 1.165) is 17.4 Å². The molecule has 1 aromatic carbocycles. The van der Waals surface area contributed by atoms with E-state index in [-0.39, 0.29) is 0 Å². The number of hydrogen-bond acceptors (Lipinski definition) is 1. The first kappa shape index (κ1) is 13.9. The lowest BCUT2D eigenvalue weighted by Crippen LogP contribution is -2.26. The first-order valence-corrected chi connectivity index (χ1v) is 7.49. The molecule has 0 aromatic heterocycles. The summed E-state index contributed by atoms with van der Waals surface area (Å²) in [4.78, 5) is 0. The quantitative estimate of drug-likeness (QED) is 0.801. The maximum absolute atomic E-state index is 6.34. The fourth-order valence-corrected chi connectivity index (χ4v) is 3.35. The summed E-state index contributed by atoms with van der Waals surface area (Å²) in [6, 6.07) is 7.16. The topological polar surface area (TPSA) is 12.0 Å². The number of benzene rings is 1. The van der Waals surface area contributed by atoms with Gasteiger partial charge in [0.05, 0.1) is 0 Å². The van der Waals surface area contributed by atoms with Gasteiger partial charge in [-0.3, -0.25) is 0 Å². The summed E-state index contributed by atoms with van der Waals surface area (Å²) in [5.74, 6) is 0.783. The molecule has 100 valence electrons. The molecule has 2 heteroatoms. The summed E-state index contributed by atoms with van der Waals surface area (Å²) >= 11 is 6.34. The molecule has 18 heavy (non-hydrogen) atoms. The van der Waals surface area contributed by atoms with Gasteiger partial charge in [-0.05, 0) is 56.3 Å². The summed E-state index contributed by atoms with van der Waals surface area (Å²) < 4.78 is 0. The molecule has 2 rings (SSSR count). The number of rotatable bonds is 3. The van der Waals surface area contributed by atoms with Crippen molar-refractivity contribution < 1.29 is 0 Å². The van der Waals surface area contributed by atoms with Gasteiger partial charge in [0, 0.05) is 11.1 Å². The van der Waals surface area contributed by atoms with E-state index in [1.165, 1.54) is 43.2 Å². The minimum absolute atomic E-state index is 0.696. The van der Waals surface area contributed by atoms with Gasteiger partial charge in [-0.1, -0.05) is 43.0 Å². The molecule has 0 heterocycles. The number of halogens is 1. The highest BCUT2D eigenvalue weighted by atomic mass is 35.5. The Balaban J connectivity index is 2.02. The fraction of sp³-hybridized carbons (Fsp3) is 0.625. The normalized spacial score (nSPS) is 24.8. The molecule has 1 aliphatic carbocycles. The molecule has 1 nitrogen and oxygen atoms in total. The Bertz CT molecular complexity index is 389. The van der Waals surface area contributed by atoms with E-state index in [0.29, 0.717) is 6.04 Å². The van der Waals surface area contributed by atoms with E-state index in [4.69, 9.17) is 11.6 Å². The van der Waals surface area contributed by atoms with Gasteiger partial charge in [-0.25, -0.2) is 0 Å². The monoisotopic (exact) mass is 265 g/mol. The Kier molecular flexibility index (Phi) is 5.08. The third-order valence-electron chi connectivity index (χ3n) is 4.16. The Morgan fingerprint density at radius 2 is 2.06 bits per heavy atom. The van der Waals surface area contributed by atoms with Crippen molar-refractivity contribution in [3.63, 3.8) is 0 Å². The maximum atomic E-state index is 6.34. The van der Waals surface area contributed by atoms with Crippen molar-refractivity contribution in [2.24, 2.45) is 5.92 Å². The maximum Gasteiger partial charge on any atom is 0.0440 e. The van der Waals surface area contributed by atoms with Gasteiger partial charge < -0.3 is 5.32 Å². The molecule has 0 aliphatic heterocycles. The molecule has 1 fully saturated rings. The highest BCUT2D eigenvalue weighted by Gasteiger charge is 2.20. The first-order chi connectivity index (χ1) is 8.69. The second-order valence-corrected chi connectivity index (χ2v) is 6.08. The lowest BCUT2D eigenvalue weighted by Gasteiger charge is -2.20. The molecular weight excluding hydrogens is 242 g/mol. The van der Waals surface area contributed by atoms with Gasteiger partial charge in [-0.2, -0.15) is 0 Å². The lowest BCUT2D eigenvalue weighted by atomic mass is 9.91. The summed E-state index contributed by atoms with van der Waals surface area (Å²) in [6.45, 7) is 2.10. The van der Waals surface area contributed by atoms with Crippen LogP contribution in [0, 0.1) is 12.8 Å². The third kappa shape index (κ3) is 3.73. The zero-order valence-corrected chi connectivity index (χ0v) is 12.3. The third-order valence-corrected chi connectivity index (χ3v) is 4.51. The standard InChI is InChI=1S/C16H24ClN/c1-12-7-8-14(16(17)9-12)10-13-5-3-4-6-15(11-13)18-2/h7-9,13,15,18H,3-6,10-11H2,1-2H3. The molecule has 2 atom stereocenters. The lowest BCUT2D eigenvalue weighted by molar-refractivity contribution is 0.400. The van der Waals surface area contributed by atoms with Gasteiger partial charge in [0.15, 0.2) is 0 Å². The minimum atomic E-state index is 0.696. The zero-order chi connectivity index (χ0) is 13.0. The van der Waals surface area contributed by atoms with E-state index < -0.39 is 0 Å². The number of aryl methyl sites for hydroxylation is 1. The predicted molar refractivity (Wildman–Crippen MR) is 79.3 cm³/mol. The summed E-state index contributed by atoms with van der Waals surface area (Å²) in [7, 11) is 2.09. The van der Waals surface area contributed by atoms with Gasteiger partial charge in [0.25, 0.3) is 0 Å². The van der Waals surface area contributed by atoms with E-state index in [1.54, 1.807) is 0 Å². The van der Waals surface area contributed by atoms with Crippen molar-refractivity contribution in [2.75, 3.05) is 7.05 Å². The molecule has 1 saturated carbocycles. The van der Waals surface area contributed by atoms with E-state index >= 15 is 0 Å². The van der Waals surface area contributed by atoms with Gasteiger partial charge >= 0.3 is 0 Å². The van der Waals surface area contributed by atoms with Crippen molar-refractivity contribution in [3.8, 4) is 0 Å². The van der Waals surface area contributed by atoms with E-state index in [1.807, 2.05) is 0 Å². The van der Waals surface area contributed by atoms with Crippen LogP contribution in [0.1, 0.15) is 43.2 Å². The molecule has 1 aliphatic rings. The highest BCUT2D eigenvalue weighted by Crippen LogP contribution is 2.29. The van der Waals surface area contributed by atoms with Crippen LogP contribution in [0.5, 0.6) is 0 Å². The largest absolute Gasteiger partial charge is 0.317 e. The molecule has 0 saturated heterocycles. The van der Waals surface area contributed by atoms with Gasteiger partial charge in [0.1, 0.15) is 0 Å². The molecule has 1 N–H and O–H groups in total. The average Bonchev–Trinajstić information content (AvgIpc) is 2.58. The Labute approximate surface area is 116 Å². The molecule has 0 radical (unpaired) electrons. The van der Waals surface area contributed by atoms with Crippen LogP contribution >= 0.6 is 11.6 Å². The molecular formula is C16H24ClN. The van der Waals surface area contributed by atoms with E-state index in [2.05, 4.69) is 37.5 Å². The summed E-state index contributed by atoms with van der Waals surface area (Å²) in [6.07, 6.45) is 7.84. The van der Waals surface area contributed by atoms with Crippen LogP contribution in [0.4, 0.5) is 0 Å². The van der Waals surface area contributed by atoms with Crippen molar-refractivity contribution in [2.45, 2.75) is 51.5 Å². The van der Waals surface area contributed by atoms with E-state index in [9.17, 15) is 0 Å². The highest BCUT2D eigenvalue weighted by molar-refractivity contribution is 6.31. The van der Waals surface area contributed by atoms with Crippen LogP contribution in [0.2, 0.25) is 5.02 Å². The van der Waals surface area contributed by atoms with Crippen LogP contribution in [0.15, 0.2) is 18.2 Å². The summed E-state index contributed by atoms with van der Waals surface area (Å²) in [5.41, 5.74) is 2.57. The number of hydrogen-bond donors (Lipinski definition) is 1.